The molecule has 0 aliphatic rings. The zero-order valence-electron chi connectivity index (χ0n) is 9.21. The van der Waals surface area contributed by atoms with Crippen molar-refractivity contribution in [1.82, 2.24) is 4.98 Å². The van der Waals surface area contributed by atoms with Gasteiger partial charge in [0, 0.05) is 6.20 Å². The van der Waals surface area contributed by atoms with Crippen LogP contribution in [0.5, 0.6) is 0 Å². The van der Waals surface area contributed by atoms with E-state index in [-0.39, 0.29) is 0 Å². The third kappa shape index (κ3) is 2.60. The quantitative estimate of drug-likeness (QED) is 0.533. The molecule has 15 heavy (non-hydrogen) atoms. The Balaban J connectivity index is 3.05. The SMILES string of the molecule is C=CC[Si](CC=C)(CC=C)c1ccc[nH]1. The molecule has 0 aliphatic heterocycles. The number of nitrogens with one attached hydrogen (secondary N) is 1. The molecule has 0 aromatic carbocycles. The van der Waals surface area contributed by atoms with Crippen LogP contribution in [0.25, 0.3) is 0 Å². The summed E-state index contributed by atoms with van der Waals surface area (Å²) in [5.74, 6) is 0. The lowest BCUT2D eigenvalue weighted by molar-refractivity contribution is 1.33. The normalized spacial score (nSPS) is 10.9. The van der Waals surface area contributed by atoms with Crippen LogP contribution < -0.4 is 5.32 Å². The number of rotatable bonds is 7. The molecule has 0 amide bonds. The van der Waals surface area contributed by atoms with Gasteiger partial charge in [0.1, 0.15) is 8.07 Å². The molecule has 0 fully saturated rings. The van der Waals surface area contributed by atoms with Gasteiger partial charge in [-0.15, -0.1) is 19.7 Å². The molecule has 0 unspecified atom stereocenters. The van der Waals surface area contributed by atoms with Gasteiger partial charge in [-0.25, -0.2) is 0 Å². The Labute approximate surface area is 93.2 Å². The summed E-state index contributed by atoms with van der Waals surface area (Å²) < 4.78 is 0. The third-order valence-electron chi connectivity index (χ3n) is 2.77. The van der Waals surface area contributed by atoms with Gasteiger partial charge >= 0.3 is 0 Å². The van der Waals surface area contributed by atoms with E-state index in [1.807, 2.05) is 24.4 Å². The first-order valence-corrected chi connectivity index (χ1v) is 7.88. The maximum absolute atomic E-state index is 3.87. The highest BCUT2D eigenvalue weighted by Gasteiger charge is 2.31. The lowest BCUT2D eigenvalue weighted by Crippen LogP contribution is -2.47. The molecule has 0 bridgehead atoms. The number of aromatic amines is 1. The van der Waals surface area contributed by atoms with Crippen molar-refractivity contribution < 1.29 is 0 Å². The summed E-state index contributed by atoms with van der Waals surface area (Å²) in [6.07, 6.45) is 8.08. The van der Waals surface area contributed by atoms with Crippen molar-refractivity contribution in [1.29, 1.82) is 0 Å². The summed E-state index contributed by atoms with van der Waals surface area (Å²) in [5.41, 5.74) is 0. The van der Waals surface area contributed by atoms with E-state index in [4.69, 9.17) is 0 Å². The molecule has 1 heterocycles. The monoisotopic (exact) mass is 217 g/mol. The molecule has 2 heteroatoms. The van der Waals surface area contributed by atoms with Gasteiger partial charge in [0.05, 0.1) is 0 Å². The zero-order valence-corrected chi connectivity index (χ0v) is 10.2. The van der Waals surface area contributed by atoms with Crippen LogP contribution in [0.2, 0.25) is 18.1 Å². The van der Waals surface area contributed by atoms with Crippen LogP contribution in [0.15, 0.2) is 56.3 Å². The minimum absolute atomic E-state index is 1.07. The molecule has 80 valence electrons. The molecule has 1 N–H and O–H groups in total. The second-order valence-electron chi connectivity index (χ2n) is 3.84. The Morgan fingerprint density at radius 3 is 1.93 bits per heavy atom. The summed E-state index contributed by atoms with van der Waals surface area (Å²) in [6, 6.07) is 7.47. The maximum Gasteiger partial charge on any atom is 0.118 e. The summed E-state index contributed by atoms with van der Waals surface area (Å²) in [6.45, 7) is 11.6. The minimum Gasteiger partial charge on any atom is -0.369 e. The average Bonchev–Trinajstić information content (AvgIpc) is 2.72. The fourth-order valence-corrected chi connectivity index (χ4v) is 5.73. The Kier molecular flexibility index (Phi) is 4.37. The highest BCUT2D eigenvalue weighted by atomic mass is 28.3. The van der Waals surface area contributed by atoms with Crippen molar-refractivity contribution in [2.75, 3.05) is 0 Å². The van der Waals surface area contributed by atoms with Gasteiger partial charge in [-0.2, -0.15) is 0 Å². The molecule has 0 radical (unpaired) electrons. The van der Waals surface area contributed by atoms with Crippen LogP contribution in [0.3, 0.4) is 0 Å². The van der Waals surface area contributed by atoms with E-state index < -0.39 is 8.07 Å². The molecule has 0 spiro atoms. The second kappa shape index (κ2) is 5.56. The Bertz CT molecular complexity index is 298. The smallest absolute Gasteiger partial charge is 0.118 e. The molecule has 1 aromatic rings. The number of hydrogen-bond donors (Lipinski definition) is 1. The molecule has 0 aliphatic carbocycles. The van der Waals surface area contributed by atoms with Gasteiger partial charge in [-0.1, -0.05) is 18.2 Å². The fraction of sp³-hybridized carbons (Fsp3) is 0.231. The average molecular weight is 217 g/mol. The third-order valence-corrected chi connectivity index (χ3v) is 7.44. The number of H-pyrrole nitrogens is 1. The number of aromatic nitrogens is 1. The van der Waals surface area contributed by atoms with Crippen molar-refractivity contribution in [2.24, 2.45) is 0 Å². The molecule has 0 saturated heterocycles. The highest BCUT2D eigenvalue weighted by molar-refractivity contribution is 6.92. The summed E-state index contributed by atoms with van der Waals surface area (Å²) in [4.78, 5) is 3.35. The second-order valence-corrected chi connectivity index (χ2v) is 8.17. The van der Waals surface area contributed by atoms with E-state index in [9.17, 15) is 0 Å². The molecular formula is C13H19NSi. The van der Waals surface area contributed by atoms with Crippen LogP contribution >= 0.6 is 0 Å². The first-order chi connectivity index (χ1) is 7.29. The van der Waals surface area contributed by atoms with Crippen LogP contribution in [0.1, 0.15) is 0 Å². The zero-order chi connectivity index (χ0) is 11.1. The molecule has 0 saturated carbocycles. The van der Waals surface area contributed by atoms with Crippen LogP contribution in [0.4, 0.5) is 0 Å². The molecule has 1 nitrogen and oxygen atoms in total. The van der Waals surface area contributed by atoms with Crippen molar-refractivity contribution in [3.8, 4) is 0 Å². The van der Waals surface area contributed by atoms with Gasteiger partial charge in [0.15, 0.2) is 0 Å². The van der Waals surface area contributed by atoms with Crippen molar-refractivity contribution in [3.63, 3.8) is 0 Å². The Morgan fingerprint density at radius 2 is 1.60 bits per heavy atom. The summed E-state index contributed by atoms with van der Waals surface area (Å²) in [7, 11) is -1.53. The van der Waals surface area contributed by atoms with Gasteiger partial charge in [-0.3, -0.25) is 0 Å². The van der Waals surface area contributed by atoms with Gasteiger partial charge in [0.25, 0.3) is 0 Å². The van der Waals surface area contributed by atoms with E-state index >= 15 is 0 Å². The predicted molar refractivity (Wildman–Crippen MR) is 71.2 cm³/mol. The highest BCUT2D eigenvalue weighted by Crippen LogP contribution is 2.22. The number of hydrogen-bond acceptors (Lipinski definition) is 0. The van der Waals surface area contributed by atoms with Gasteiger partial charge < -0.3 is 4.98 Å². The van der Waals surface area contributed by atoms with E-state index in [2.05, 4.69) is 36.9 Å². The van der Waals surface area contributed by atoms with Crippen molar-refractivity contribution >= 4 is 13.4 Å². The van der Waals surface area contributed by atoms with E-state index in [0.29, 0.717) is 0 Å². The minimum atomic E-state index is -1.53. The molecule has 1 aromatic heterocycles. The van der Waals surface area contributed by atoms with E-state index in [1.54, 1.807) is 0 Å². The summed E-state index contributed by atoms with van der Waals surface area (Å²) >= 11 is 0. The molecule has 1 rings (SSSR count). The number of allylic oxidation sites excluding steroid dienone is 3. The van der Waals surface area contributed by atoms with Gasteiger partial charge in [-0.05, 0) is 35.6 Å². The van der Waals surface area contributed by atoms with E-state index in [0.717, 1.165) is 18.1 Å². The van der Waals surface area contributed by atoms with Crippen LogP contribution in [-0.4, -0.2) is 13.1 Å². The molecular weight excluding hydrogens is 198 g/mol. The summed E-state index contributed by atoms with van der Waals surface area (Å²) in [5, 5.41) is 1.38. The van der Waals surface area contributed by atoms with Crippen molar-refractivity contribution in [2.45, 2.75) is 18.1 Å². The lowest BCUT2D eigenvalue weighted by Gasteiger charge is -2.27. The Hall–Kier alpha value is -1.28. The van der Waals surface area contributed by atoms with E-state index in [1.165, 1.54) is 5.32 Å². The molecule has 0 atom stereocenters. The lowest BCUT2D eigenvalue weighted by atomic mass is 10.7. The maximum atomic E-state index is 3.87. The standard InChI is InChI=1S/C13H19NSi/c1-4-10-15(11-5-2,12-6-3)13-8-7-9-14-13/h4-9,14H,1-3,10-12H2. The first-order valence-electron chi connectivity index (χ1n) is 5.25. The largest absolute Gasteiger partial charge is 0.369 e. The van der Waals surface area contributed by atoms with Crippen LogP contribution in [-0.2, 0) is 0 Å². The Morgan fingerprint density at radius 1 is 1.07 bits per heavy atom. The van der Waals surface area contributed by atoms with Crippen LogP contribution in [0, 0.1) is 0 Å². The van der Waals surface area contributed by atoms with Gasteiger partial charge in [0.2, 0.25) is 0 Å². The topological polar surface area (TPSA) is 15.8 Å². The fourth-order valence-electron chi connectivity index (χ4n) is 2.07. The van der Waals surface area contributed by atoms with Crippen molar-refractivity contribution in [3.05, 3.63) is 56.3 Å². The predicted octanol–water partition coefficient (Wildman–Crippen LogP) is 3.23. The first kappa shape index (κ1) is 11.8.